The van der Waals surface area contributed by atoms with Gasteiger partial charge in [-0.1, -0.05) is 18.2 Å². The van der Waals surface area contributed by atoms with Gasteiger partial charge in [-0.3, -0.25) is 9.89 Å². The first-order valence-electron chi connectivity index (χ1n) is 9.21. The number of hydrogen-bond acceptors (Lipinski definition) is 3. The number of benzene rings is 1. The molecule has 0 spiro atoms. The number of nitrogens with two attached hydrogens (primary N) is 1. The van der Waals surface area contributed by atoms with E-state index in [-0.39, 0.29) is 0 Å². The van der Waals surface area contributed by atoms with E-state index in [2.05, 4.69) is 56.3 Å². The van der Waals surface area contributed by atoms with E-state index in [0.29, 0.717) is 5.96 Å². The van der Waals surface area contributed by atoms with E-state index < -0.39 is 0 Å². The van der Waals surface area contributed by atoms with Crippen LogP contribution in [0.2, 0.25) is 0 Å². The van der Waals surface area contributed by atoms with Crippen LogP contribution < -0.4 is 11.1 Å². The van der Waals surface area contributed by atoms with Crippen LogP contribution in [0.3, 0.4) is 0 Å². The molecule has 0 saturated carbocycles. The molecule has 6 nitrogen and oxygen atoms in total. The molecule has 2 heterocycles. The van der Waals surface area contributed by atoms with Gasteiger partial charge in [0.25, 0.3) is 0 Å². The second kappa shape index (κ2) is 9.44. The van der Waals surface area contributed by atoms with Crippen molar-refractivity contribution in [3.63, 3.8) is 0 Å². The lowest BCUT2D eigenvalue weighted by Gasteiger charge is -2.26. The highest BCUT2D eigenvalue weighted by Crippen LogP contribution is 2.15. The summed E-state index contributed by atoms with van der Waals surface area (Å²) in [5.41, 5.74) is 7.22. The maximum absolute atomic E-state index is 5.94. The quantitative estimate of drug-likeness (QED) is 0.435. The van der Waals surface area contributed by atoms with Gasteiger partial charge in [0.15, 0.2) is 5.96 Å². The highest BCUT2D eigenvalue weighted by Gasteiger charge is 2.08. The predicted molar refractivity (Wildman–Crippen MR) is 103 cm³/mol. The SMILES string of the molecule is NC(=NCCCn1ccc2ccccc21)NCCCN1CCOCC1. The van der Waals surface area contributed by atoms with Crippen molar-refractivity contribution in [3.8, 4) is 0 Å². The van der Waals surface area contributed by atoms with Crippen molar-refractivity contribution in [1.82, 2.24) is 14.8 Å². The molecule has 25 heavy (non-hydrogen) atoms. The number of nitrogens with zero attached hydrogens (tertiary/aromatic N) is 3. The van der Waals surface area contributed by atoms with Crippen LogP contribution in [0.4, 0.5) is 0 Å². The van der Waals surface area contributed by atoms with E-state index in [4.69, 9.17) is 10.5 Å². The molecule has 2 aromatic rings. The maximum Gasteiger partial charge on any atom is 0.188 e. The first-order chi connectivity index (χ1) is 12.3. The standard InChI is InChI=1S/C19H29N5O/c20-19(21-8-3-10-23-13-15-25-16-14-23)22-9-4-11-24-12-7-17-5-1-2-6-18(17)24/h1-2,5-7,12H,3-4,8-11,13-16H2,(H3,20,21,22). The van der Waals surface area contributed by atoms with Gasteiger partial charge in [-0.25, -0.2) is 0 Å². The zero-order valence-electron chi connectivity index (χ0n) is 14.9. The number of fused-ring (bicyclic) bond motifs is 1. The second-order valence-electron chi connectivity index (χ2n) is 6.42. The number of hydrogen-bond donors (Lipinski definition) is 2. The number of aromatic nitrogens is 1. The minimum Gasteiger partial charge on any atom is -0.379 e. The summed E-state index contributed by atoms with van der Waals surface area (Å²) in [4.78, 5) is 6.85. The predicted octanol–water partition coefficient (Wildman–Crippen LogP) is 1.66. The van der Waals surface area contributed by atoms with E-state index in [1.165, 1.54) is 10.9 Å². The molecule has 136 valence electrons. The maximum atomic E-state index is 5.94. The third-order valence-electron chi connectivity index (χ3n) is 4.58. The van der Waals surface area contributed by atoms with Gasteiger partial charge in [0.05, 0.1) is 13.2 Å². The molecule has 0 amide bonds. The van der Waals surface area contributed by atoms with Crippen LogP contribution in [0.25, 0.3) is 10.9 Å². The molecule has 1 aromatic heterocycles. The van der Waals surface area contributed by atoms with Crippen molar-refractivity contribution < 1.29 is 4.74 Å². The minimum absolute atomic E-state index is 0.555. The molecular weight excluding hydrogens is 314 g/mol. The van der Waals surface area contributed by atoms with Crippen LogP contribution in [0.15, 0.2) is 41.5 Å². The Balaban J connectivity index is 1.30. The molecule has 0 aliphatic carbocycles. The summed E-state index contributed by atoms with van der Waals surface area (Å²) in [7, 11) is 0. The van der Waals surface area contributed by atoms with Crippen molar-refractivity contribution in [2.45, 2.75) is 19.4 Å². The molecule has 1 saturated heterocycles. The van der Waals surface area contributed by atoms with Gasteiger partial charge in [0.2, 0.25) is 0 Å². The summed E-state index contributed by atoms with van der Waals surface area (Å²) in [5, 5.41) is 4.49. The molecule has 3 rings (SSSR count). The fourth-order valence-corrected chi connectivity index (χ4v) is 3.18. The molecule has 1 aromatic carbocycles. The molecule has 0 unspecified atom stereocenters. The molecule has 6 heteroatoms. The second-order valence-corrected chi connectivity index (χ2v) is 6.42. The third kappa shape index (κ3) is 5.47. The Hall–Kier alpha value is -2.05. The Morgan fingerprint density at radius 1 is 1.12 bits per heavy atom. The van der Waals surface area contributed by atoms with Crippen LogP contribution in [0.5, 0.6) is 0 Å². The smallest absolute Gasteiger partial charge is 0.188 e. The van der Waals surface area contributed by atoms with Crippen molar-refractivity contribution in [3.05, 3.63) is 36.5 Å². The van der Waals surface area contributed by atoms with Gasteiger partial charge < -0.3 is 20.4 Å². The number of aryl methyl sites for hydroxylation is 1. The Morgan fingerprint density at radius 3 is 2.84 bits per heavy atom. The van der Waals surface area contributed by atoms with Gasteiger partial charge >= 0.3 is 0 Å². The fourth-order valence-electron chi connectivity index (χ4n) is 3.18. The van der Waals surface area contributed by atoms with E-state index in [0.717, 1.165) is 65.3 Å². The lowest BCUT2D eigenvalue weighted by atomic mass is 10.2. The lowest BCUT2D eigenvalue weighted by molar-refractivity contribution is 0.0376. The Morgan fingerprint density at radius 2 is 1.96 bits per heavy atom. The van der Waals surface area contributed by atoms with Gasteiger partial charge in [0.1, 0.15) is 0 Å². The Bertz CT molecular complexity index is 675. The first kappa shape index (κ1) is 17.8. The molecule has 1 fully saturated rings. The topological polar surface area (TPSA) is 67.8 Å². The van der Waals surface area contributed by atoms with Crippen molar-refractivity contribution in [1.29, 1.82) is 0 Å². The Kier molecular flexibility index (Phi) is 6.71. The number of morpholine rings is 1. The van der Waals surface area contributed by atoms with Crippen molar-refractivity contribution in [2.75, 3.05) is 45.9 Å². The van der Waals surface area contributed by atoms with Crippen molar-refractivity contribution >= 4 is 16.9 Å². The molecule has 3 N–H and O–H groups in total. The Labute approximate surface area is 149 Å². The highest BCUT2D eigenvalue weighted by molar-refractivity contribution is 5.80. The largest absolute Gasteiger partial charge is 0.379 e. The average molecular weight is 343 g/mol. The van der Waals surface area contributed by atoms with Crippen LogP contribution in [-0.2, 0) is 11.3 Å². The summed E-state index contributed by atoms with van der Waals surface area (Å²) in [6, 6.07) is 10.6. The fraction of sp³-hybridized carbons (Fsp3) is 0.526. The average Bonchev–Trinajstić information content (AvgIpc) is 3.06. The number of guanidine groups is 1. The zero-order chi connectivity index (χ0) is 17.3. The summed E-state index contributed by atoms with van der Waals surface area (Å²) < 4.78 is 7.63. The van der Waals surface area contributed by atoms with Crippen LogP contribution in [0.1, 0.15) is 12.8 Å². The van der Waals surface area contributed by atoms with Crippen LogP contribution in [-0.4, -0.2) is 61.4 Å². The van der Waals surface area contributed by atoms with E-state index in [9.17, 15) is 0 Å². The van der Waals surface area contributed by atoms with Crippen LogP contribution in [0, 0.1) is 0 Å². The lowest BCUT2D eigenvalue weighted by Crippen LogP contribution is -2.39. The summed E-state index contributed by atoms with van der Waals surface area (Å²) in [6.45, 7) is 7.45. The molecule has 0 bridgehead atoms. The molecule has 0 radical (unpaired) electrons. The molecule has 1 aliphatic heterocycles. The van der Waals surface area contributed by atoms with Gasteiger partial charge in [0, 0.05) is 44.4 Å². The first-order valence-corrected chi connectivity index (χ1v) is 9.21. The highest BCUT2D eigenvalue weighted by atomic mass is 16.5. The number of ether oxygens (including phenoxy) is 1. The van der Waals surface area contributed by atoms with Crippen molar-refractivity contribution in [2.24, 2.45) is 10.7 Å². The zero-order valence-corrected chi connectivity index (χ0v) is 14.9. The summed E-state index contributed by atoms with van der Waals surface area (Å²) in [5.74, 6) is 0.555. The van der Waals surface area contributed by atoms with E-state index in [1.54, 1.807) is 0 Å². The number of aliphatic imine (C=N–C) groups is 1. The summed E-state index contributed by atoms with van der Waals surface area (Å²) in [6.07, 6.45) is 4.20. The third-order valence-corrected chi connectivity index (χ3v) is 4.58. The minimum atomic E-state index is 0.555. The number of para-hydroxylation sites is 1. The van der Waals surface area contributed by atoms with Crippen LogP contribution >= 0.6 is 0 Å². The van der Waals surface area contributed by atoms with Gasteiger partial charge in [-0.2, -0.15) is 0 Å². The van der Waals surface area contributed by atoms with E-state index >= 15 is 0 Å². The number of nitrogens with one attached hydrogen (secondary N) is 1. The molecule has 1 aliphatic rings. The number of rotatable bonds is 8. The van der Waals surface area contributed by atoms with Gasteiger partial charge in [-0.05, 0) is 36.9 Å². The molecule has 0 atom stereocenters. The van der Waals surface area contributed by atoms with Gasteiger partial charge in [-0.15, -0.1) is 0 Å². The normalized spacial score (nSPS) is 16.4. The summed E-state index contributed by atoms with van der Waals surface area (Å²) >= 11 is 0. The molecular formula is C19H29N5O. The monoisotopic (exact) mass is 343 g/mol. The van der Waals surface area contributed by atoms with E-state index in [1.807, 2.05) is 0 Å².